The number of aryl methyl sites for hydroxylation is 1. The number of benzene rings is 1. The largest absolute Gasteiger partial charge is 0.493 e. The summed E-state index contributed by atoms with van der Waals surface area (Å²) >= 11 is 3.46. The summed E-state index contributed by atoms with van der Waals surface area (Å²) in [6, 6.07) is 5.34. The van der Waals surface area contributed by atoms with Crippen molar-refractivity contribution in [3.8, 4) is 28.9 Å². The van der Waals surface area contributed by atoms with Crippen LogP contribution in [0.4, 0.5) is 0 Å². The third kappa shape index (κ3) is 3.21. The number of methoxy groups -OCH3 is 3. The first-order valence-corrected chi connectivity index (χ1v) is 6.99. The average molecular weight is 354 g/mol. The molecule has 0 aliphatic rings. The minimum absolute atomic E-state index is 0.476. The van der Waals surface area contributed by atoms with Crippen molar-refractivity contribution in [3.63, 3.8) is 0 Å². The minimum Gasteiger partial charge on any atom is -0.493 e. The lowest BCUT2D eigenvalue weighted by Crippen LogP contribution is -1.97. The van der Waals surface area contributed by atoms with Gasteiger partial charge in [-0.25, -0.2) is 4.98 Å². The van der Waals surface area contributed by atoms with Crippen LogP contribution < -0.4 is 18.9 Å². The Hall–Kier alpha value is -1.95. The van der Waals surface area contributed by atoms with Gasteiger partial charge >= 0.3 is 0 Å². The van der Waals surface area contributed by atoms with E-state index in [4.69, 9.17) is 18.9 Å². The van der Waals surface area contributed by atoms with Crippen molar-refractivity contribution in [2.75, 3.05) is 21.3 Å². The maximum absolute atomic E-state index is 5.80. The molecule has 0 N–H and O–H groups in total. The van der Waals surface area contributed by atoms with Crippen LogP contribution in [0.3, 0.4) is 0 Å². The Morgan fingerprint density at radius 2 is 1.62 bits per heavy atom. The summed E-state index contributed by atoms with van der Waals surface area (Å²) < 4.78 is 22.5. The molecule has 0 radical (unpaired) electrons. The van der Waals surface area contributed by atoms with Crippen molar-refractivity contribution in [2.45, 2.75) is 6.92 Å². The second-order valence-corrected chi connectivity index (χ2v) is 5.00. The number of halogens is 1. The number of pyridine rings is 1. The van der Waals surface area contributed by atoms with Crippen molar-refractivity contribution < 1.29 is 18.9 Å². The number of ether oxygens (including phenoxy) is 4. The van der Waals surface area contributed by atoms with Gasteiger partial charge < -0.3 is 18.9 Å². The second kappa shape index (κ2) is 6.67. The van der Waals surface area contributed by atoms with Crippen molar-refractivity contribution in [2.24, 2.45) is 0 Å². The topological polar surface area (TPSA) is 49.8 Å². The van der Waals surface area contributed by atoms with Crippen LogP contribution in [0.25, 0.3) is 0 Å². The molecule has 1 aromatic carbocycles. The molecule has 1 heterocycles. The van der Waals surface area contributed by atoms with E-state index in [0.29, 0.717) is 28.9 Å². The Bertz CT molecular complexity index is 621. The maximum Gasteiger partial charge on any atom is 0.233 e. The monoisotopic (exact) mass is 353 g/mol. The summed E-state index contributed by atoms with van der Waals surface area (Å²) in [4.78, 5) is 4.21. The fraction of sp³-hybridized carbons (Fsp3) is 0.267. The van der Waals surface area contributed by atoms with Crippen LogP contribution in [0.15, 0.2) is 28.9 Å². The molecule has 0 aliphatic carbocycles. The van der Waals surface area contributed by atoms with E-state index in [1.807, 2.05) is 13.0 Å². The van der Waals surface area contributed by atoms with Gasteiger partial charge in [0.1, 0.15) is 5.75 Å². The highest BCUT2D eigenvalue weighted by Gasteiger charge is 2.15. The Morgan fingerprint density at radius 3 is 2.14 bits per heavy atom. The number of nitrogens with zero attached hydrogens (tertiary/aromatic N) is 1. The lowest BCUT2D eigenvalue weighted by Gasteiger charge is -2.14. The van der Waals surface area contributed by atoms with Crippen molar-refractivity contribution >= 4 is 15.9 Å². The van der Waals surface area contributed by atoms with E-state index in [-0.39, 0.29) is 0 Å². The molecule has 0 aliphatic heterocycles. The van der Waals surface area contributed by atoms with Gasteiger partial charge in [0.2, 0.25) is 11.6 Å². The molecule has 0 saturated carbocycles. The third-order valence-corrected chi connectivity index (χ3v) is 3.87. The predicted octanol–water partition coefficient (Wildman–Crippen LogP) is 3.97. The molecule has 0 amide bonds. The highest BCUT2D eigenvalue weighted by molar-refractivity contribution is 9.10. The van der Waals surface area contributed by atoms with Crippen LogP contribution in [-0.2, 0) is 0 Å². The van der Waals surface area contributed by atoms with Crippen LogP contribution in [-0.4, -0.2) is 26.3 Å². The number of rotatable bonds is 5. The van der Waals surface area contributed by atoms with Crippen LogP contribution in [0.1, 0.15) is 5.56 Å². The van der Waals surface area contributed by atoms with E-state index in [2.05, 4.69) is 20.9 Å². The Morgan fingerprint density at radius 1 is 1.00 bits per heavy atom. The molecule has 1 aromatic heterocycles. The summed E-state index contributed by atoms with van der Waals surface area (Å²) in [6.45, 7) is 1.97. The number of hydrogen-bond donors (Lipinski definition) is 0. The highest BCUT2D eigenvalue weighted by Crippen LogP contribution is 2.42. The Labute approximate surface area is 131 Å². The van der Waals surface area contributed by atoms with Gasteiger partial charge in [0.25, 0.3) is 0 Å². The van der Waals surface area contributed by atoms with E-state index in [9.17, 15) is 0 Å². The van der Waals surface area contributed by atoms with Crippen molar-refractivity contribution in [1.29, 1.82) is 0 Å². The molecule has 21 heavy (non-hydrogen) atoms. The van der Waals surface area contributed by atoms with Crippen LogP contribution in [0, 0.1) is 6.92 Å². The molecule has 0 fully saturated rings. The second-order valence-electron chi connectivity index (χ2n) is 4.21. The number of hydrogen-bond acceptors (Lipinski definition) is 5. The van der Waals surface area contributed by atoms with Crippen LogP contribution in [0.5, 0.6) is 28.9 Å². The molecule has 2 rings (SSSR count). The van der Waals surface area contributed by atoms with Crippen molar-refractivity contribution in [3.05, 3.63) is 34.4 Å². The summed E-state index contributed by atoms with van der Waals surface area (Å²) in [6.07, 6.45) is 1.69. The summed E-state index contributed by atoms with van der Waals surface area (Å²) in [5, 5.41) is 0. The smallest absolute Gasteiger partial charge is 0.233 e. The molecule has 5 nitrogen and oxygen atoms in total. The molecule has 6 heteroatoms. The van der Waals surface area contributed by atoms with Gasteiger partial charge in [-0.15, -0.1) is 0 Å². The first-order chi connectivity index (χ1) is 10.1. The van der Waals surface area contributed by atoms with Crippen LogP contribution >= 0.6 is 15.9 Å². The Balaban J connectivity index is 2.43. The maximum atomic E-state index is 5.80. The standard InChI is InChI=1S/C15H16BrNO4/c1-9-5-6-17-15(13(9)16)21-10-7-11(18-2)14(20-4)12(8-10)19-3/h5-8H,1-4H3. The molecular formula is C15H16BrNO4. The quantitative estimate of drug-likeness (QED) is 0.813. The van der Waals surface area contributed by atoms with E-state index < -0.39 is 0 Å². The molecule has 0 bridgehead atoms. The zero-order chi connectivity index (χ0) is 15.4. The lowest BCUT2D eigenvalue weighted by atomic mass is 10.2. The summed E-state index contributed by atoms with van der Waals surface area (Å²) in [5.41, 5.74) is 1.03. The lowest BCUT2D eigenvalue weighted by molar-refractivity contribution is 0.320. The summed E-state index contributed by atoms with van der Waals surface area (Å²) in [5.74, 6) is 2.59. The normalized spacial score (nSPS) is 10.1. The fourth-order valence-corrected chi connectivity index (χ4v) is 2.13. The van der Waals surface area contributed by atoms with Gasteiger partial charge in [-0.05, 0) is 34.5 Å². The SMILES string of the molecule is COc1cc(Oc2nccc(C)c2Br)cc(OC)c1OC. The van der Waals surface area contributed by atoms with E-state index in [1.54, 1.807) is 39.7 Å². The highest BCUT2D eigenvalue weighted by atomic mass is 79.9. The van der Waals surface area contributed by atoms with Gasteiger partial charge in [0, 0.05) is 18.3 Å². The van der Waals surface area contributed by atoms with E-state index in [1.165, 1.54) is 0 Å². The molecule has 0 spiro atoms. The molecular weight excluding hydrogens is 338 g/mol. The first kappa shape index (κ1) is 15.4. The zero-order valence-corrected chi connectivity index (χ0v) is 13.9. The van der Waals surface area contributed by atoms with Gasteiger partial charge in [-0.3, -0.25) is 0 Å². The fourth-order valence-electron chi connectivity index (χ4n) is 1.81. The van der Waals surface area contributed by atoms with Crippen LogP contribution in [0.2, 0.25) is 0 Å². The molecule has 2 aromatic rings. The van der Waals surface area contributed by atoms with Gasteiger partial charge in [0.15, 0.2) is 11.5 Å². The first-order valence-electron chi connectivity index (χ1n) is 6.19. The Kier molecular flexibility index (Phi) is 4.90. The van der Waals surface area contributed by atoms with Gasteiger partial charge in [0.05, 0.1) is 25.8 Å². The predicted molar refractivity (Wildman–Crippen MR) is 82.8 cm³/mol. The van der Waals surface area contributed by atoms with Gasteiger partial charge in [-0.2, -0.15) is 0 Å². The van der Waals surface area contributed by atoms with E-state index in [0.717, 1.165) is 10.0 Å². The van der Waals surface area contributed by atoms with Crippen molar-refractivity contribution in [1.82, 2.24) is 4.98 Å². The summed E-state index contributed by atoms with van der Waals surface area (Å²) in [7, 11) is 4.67. The van der Waals surface area contributed by atoms with E-state index >= 15 is 0 Å². The third-order valence-electron chi connectivity index (χ3n) is 2.90. The molecule has 0 atom stereocenters. The van der Waals surface area contributed by atoms with Gasteiger partial charge in [-0.1, -0.05) is 0 Å². The molecule has 0 saturated heterocycles. The zero-order valence-electron chi connectivity index (χ0n) is 12.3. The molecule has 0 unspecified atom stereocenters. The average Bonchev–Trinajstić information content (AvgIpc) is 2.50. The minimum atomic E-state index is 0.476. The number of aromatic nitrogens is 1. The molecule has 112 valence electrons.